The summed E-state index contributed by atoms with van der Waals surface area (Å²) < 4.78 is 0. The first kappa shape index (κ1) is 15.2. The number of carboxylic acids is 1. The molecule has 0 saturated carbocycles. The molecule has 1 N–H and O–H groups in total. The molecule has 0 aliphatic carbocycles. The maximum atomic E-state index is 12.2. The predicted octanol–water partition coefficient (Wildman–Crippen LogP) is 2.69. The Bertz CT molecular complexity index is 508. The smallest absolute Gasteiger partial charge is 0.316 e. The third kappa shape index (κ3) is 3.13. The zero-order valence-electron chi connectivity index (χ0n) is 12.2. The van der Waals surface area contributed by atoms with E-state index in [1.54, 1.807) is 14.0 Å². The van der Waals surface area contributed by atoms with Crippen molar-refractivity contribution in [3.8, 4) is 0 Å². The van der Waals surface area contributed by atoms with Crippen LogP contribution in [0.1, 0.15) is 30.0 Å². The normalized spacial score (nSPS) is 12.1. The van der Waals surface area contributed by atoms with E-state index in [1.807, 2.05) is 32.9 Å². The molecule has 1 rings (SSSR count). The Hall–Kier alpha value is -1.84. The number of carboxylic acid groups (broad SMARTS) is 1. The molecule has 1 atom stereocenters. The van der Waals surface area contributed by atoms with Crippen LogP contribution in [0.3, 0.4) is 0 Å². The molecule has 0 saturated heterocycles. The number of aryl methyl sites for hydroxylation is 3. The molecule has 0 spiro atoms. The first-order valence-electron chi connectivity index (χ1n) is 6.37. The molecule has 104 valence electrons. The number of hydrogen-bond acceptors (Lipinski definition) is 2. The Morgan fingerprint density at radius 3 is 2.16 bits per heavy atom. The minimum atomic E-state index is -1.07. The molecule has 4 heteroatoms. The van der Waals surface area contributed by atoms with Gasteiger partial charge in [0, 0.05) is 12.7 Å². The van der Waals surface area contributed by atoms with E-state index in [2.05, 4.69) is 0 Å². The summed E-state index contributed by atoms with van der Waals surface area (Å²) in [5.41, 5.74) is 3.99. The highest BCUT2D eigenvalue weighted by Gasteiger charge is 2.28. The van der Waals surface area contributed by atoms with Crippen LogP contribution in [0, 0.1) is 26.7 Å². The van der Waals surface area contributed by atoms with Crippen LogP contribution in [0.2, 0.25) is 0 Å². The fourth-order valence-electron chi connectivity index (χ4n) is 2.11. The van der Waals surface area contributed by atoms with Crippen molar-refractivity contribution < 1.29 is 14.7 Å². The van der Waals surface area contributed by atoms with Crippen LogP contribution in [0.15, 0.2) is 12.1 Å². The third-order valence-electron chi connectivity index (χ3n) is 3.51. The molecular formula is C15H21NO3. The van der Waals surface area contributed by atoms with Gasteiger partial charge in [0.05, 0.1) is 0 Å². The molecule has 0 aliphatic heterocycles. The molecule has 0 radical (unpaired) electrons. The Morgan fingerprint density at radius 2 is 1.68 bits per heavy atom. The number of carbonyl (C=O) groups excluding carboxylic acids is 1. The van der Waals surface area contributed by atoms with Crippen molar-refractivity contribution in [1.29, 1.82) is 0 Å². The van der Waals surface area contributed by atoms with Gasteiger partial charge in [-0.3, -0.25) is 9.59 Å². The van der Waals surface area contributed by atoms with Crippen LogP contribution in [0.4, 0.5) is 5.69 Å². The third-order valence-corrected chi connectivity index (χ3v) is 3.51. The van der Waals surface area contributed by atoms with E-state index in [-0.39, 0.29) is 5.91 Å². The molecule has 1 unspecified atom stereocenters. The lowest BCUT2D eigenvalue weighted by Crippen LogP contribution is -2.37. The van der Waals surface area contributed by atoms with Crippen LogP contribution >= 0.6 is 0 Å². The zero-order chi connectivity index (χ0) is 14.7. The van der Waals surface area contributed by atoms with E-state index in [1.165, 1.54) is 4.90 Å². The van der Waals surface area contributed by atoms with Gasteiger partial charge in [0.2, 0.25) is 5.91 Å². The highest BCUT2D eigenvalue weighted by molar-refractivity contribution is 6.05. The van der Waals surface area contributed by atoms with Gasteiger partial charge in [0.25, 0.3) is 0 Å². The van der Waals surface area contributed by atoms with Crippen LogP contribution in [0.25, 0.3) is 0 Å². The molecular weight excluding hydrogens is 242 g/mol. The molecule has 0 heterocycles. The monoisotopic (exact) mass is 263 g/mol. The quantitative estimate of drug-likeness (QED) is 0.850. The number of nitrogens with zero attached hydrogens (tertiary/aromatic N) is 1. The fourth-order valence-corrected chi connectivity index (χ4v) is 2.11. The number of hydrogen-bond donors (Lipinski definition) is 1. The van der Waals surface area contributed by atoms with Gasteiger partial charge in [0.15, 0.2) is 0 Å². The van der Waals surface area contributed by atoms with Gasteiger partial charge in [-0.25, -0.2) is 0 Å². The van der Waals surface area contributed by atoms with E-state index in [9.17, 15) is 9.59 Å². The second-order valence-corrected chi connectivity index (χ2v) is 4.92. The highest BCUT2D eigenvalue weighted by atomic mass is 16.4. The van der Waals surface area contributed by atoms with Gasteiger partial charge in [0.1, 0.15) is 5.92 Å². The summed E-state index contributed by atoms with van der Waals surface area (Å²) >= 11 is 0. The summed E-state index contributed by atoms with van der Waals surface area (Å²) in [6.45, 7) is 7.62. The summed E-state index contributed by atoms with van der Waals surface area (Å²) in [5, 5.41) is 9.06. The largest absolute Gasteiger partial charge is 0.481 e. The lowest BCUT2D eigenvalue weighted by atomic mass is 10.0. The number of amides is 1. The van der Waals surface area contributed by atoms with Crippen LogP contribution in [0.5, 0.6) is 0 Å². The second kappa shape index (κ2) is 5.87. The molecule has 4 nitrogen and oxygen atoms in total. The molecule has 1 aromatic rings. The number of rotatable bonds is 4. The number of benzene rings is 1. The maximum Gasteiger partial charge on any atom is 0.316 e. The molecule has 1 aromatic carbocycles. The van der Waals surface area contributed by atoms with E-state index < -0.39 is 11.9 Å². The Labute approximate surface area is 114 Å². The van der Waals surface area contributed by atoms with Gasteiger partial charge in [-0.15, -0.1) is 0 Å². The van der Waals surface area contributed by atoms with Crippen molar-refractivity contribution in [2.75, 3.05) is 11.9 Å². The van der Waals surface area contributed by atoms with Gasteiger partial charge < -0.3 is 10.0 Å². The van der Waals surface area contributed by atoms with Crippen LogP contribution in [-0.4, -0.2) is 24.0 Å². The predicted molar refractivity (Wildman–Crippen MR) is 75.5 cm³/mol. The molecule has 0 fully saturated rings. The molecule has 19 heavy (non-hydrogen) atoms. The Kier molecular flexibility index (Phi) is 4.70. The van der Waals surface area contributed by atoms with Crippen LogP contribution < -0.4 is 4.90 Å². The average molecular weight is 263 g/mol. The first-order chi connectivity index (χ1) is 8.79. The minimum absolute atomic E-state index is 0.294. The van der Waals surface area contributed by atoms with E-state index in [0.29, 0.717) is 6.42 Å². The van der Waals surface area contributed by atoms with Gasteiger partial charge in [-0.1, -0.05) is 13.0 Å². The summed E-state index contributed by atoms with van der Waals surface area (Å²) in [4.78, 5) is 24.7. The van der Waals surface area contributed by atoms with Crippen molar-refractivity contribution in [3.05, 3.63) is 28.8 Å². The Balaban J connectivity index is 3.13. The minimum Gasteiger partial charge on any atom is -0.481 e. The zero-order valence-corrected chi connectivity index (χ0v) is 12.2. The van der Waals surface area contributed by atoms with E-state index in [4.69, 9.17) is 5.11 Å². The van der Waals surface area contributed by atoms with Crippen LogP contribution in [-0.2, 0) is 9.59 Å². The fraction of sp³-hybridized carbons (Fsp3) is 0.467. The number of carbonyl (C=O) groups is 2. The van der Waals surface area contributed by atoms with Crippen molar-refractivity contribution in [2.45, 2.75) is 34.1 Å². The van der Waals surface area contributed by atoms with E-state index >= 15 is 0 Å². The summed E-state index contributed by atoms with van der Waals surface area (Å²) in [7, 11) is 1.63. The lowest BCUT2D eigenvalue weighted by Gasteiger charge is -2.23. The molecule has 0 bridgehead atoms. The number of aliphatic carboxylic acids is 1. The molecule has 1 amide bonds. The summed E-state index contributed by atoms with van der Waals surface area (Å²) in [6.07, 6.45) is 0.294. The molecule has 0 aliphatic rings. The lowest BCUT2D eigenvalue weighted by molar-refractivity contribution is -0.146. The first-order valence-corrected chi connectivity index (χ1v) is 6.37. The number of anilines is 1. The molecule has 0 aromatic heterocycles. The maximum absolute atomic E-state index is 12.2. The van der Waals surface area contributed by atoms with Crippen molar-refractivity contribution >= 4 is 17.6 Å². The average Bonchev–Trinajstić information content (AvgIpc) is 2.33. The van der Waals surface area contributed by atoms with Crippen molar-refractivity contribution in [2.24, 2.45) is 5.92 Å². The standard InChI is InChI=1S/C15H21NO3/c1-6-12(15(18)19)14(17)16(5)13-8-10(3)9(2)7-11(13)4/h7-8,12H,6H2,1-5H3,(H,18,19). The SMILES string of the molecule is CCC(C(=O)O)C(=O)N(C)c1cc(C)c(C)cc1C. The highest BCUT2D eigenvalue weighted by Crippen LogP contribution is 2.25. The van der Waals surface area contributed by atoms with Gasteiger partial charge in [-0.2, -0.15) is 0 Å². The Morgan fingerprint density at radius 1 is 1.16 bits per heavy atom. The summed E-state index contributed by atoms with van der Waals surface area (Å²) in [6, 6.07) is 3.94. The van der Waals surface area contributed by atoms with E-state index in [0.717, 1.165) is 22.4 Å². The van der Waals surface area contributed by atoms with Gasteiger partial charge >= 0.3 is 5.97 Å². The second-order valence-electron chi connectivity index (χ2n) is 4.92. The topological polar surface area (TPSA) is 57.6 Å². The van der Waals surface area contributed by atoms with Crippen molar-refractivity contribution in [3.63, 3.8) is 0 Å². The van der Waals surface area contributed by atoms with Crippen molar-refractivity contribution in [1.82, 2.24) is 0 Å². The van der Waals surface area contributed by atoms with Gasteiger partial charge in [-0.05, 0) is 49.9 Å². The summed E-state index contributed by atoms with van der Waals surface area (Å²) in [5.74, 6) is -2.42.